The minimum atomic E-state index is -2.90. The normalized spacial score (nSPS) is 18.4. The van der Waals surface area contributed by atoms with Gasteiger partial charge in [0.05, 0.1) is 24.3 Å². The van der Waals surface area contributed by atoms with E-state index in [1.807, 2.05) is 12.1 Å². The maximum absolute atomic E-state index is 12.2. The molecular weight excluding hydrogens is 394 g/mol. The van der Waals surface area contributed by atoms with Crippen molar-refractivity contribution in [3.8, 4) is 11.4 Å². The van der Waals surface area contributed by atoms with Crippen molar-refractivity contribution in [2.75, 3.05) is 10.6 Å². The summed E-state index contributed by atoms with van der Waals surface area (Å²) in [6.07, 6.45) is 8.48. The van der Waals surface area contributed by atoms with Gasteiger partial charge in [-0.25, -0.2) is 15.0 Å². The Labute approximate surface area is 171 Å². The zero-order chi connectivity index (χ0) is 20.9. The highest BCUT2D eigenvalue weighted by molar-refractivity contribution is 5.42. The van der Waals surface area contributed by atoms with Crippen LogP contribution in [0.15, 0.2) is 59.9 Å². The molecule has 0 spiro atoms. The van der Waals surface area contributed by atoms with Crippen LogP contribution < -0.4 is 20.9 Å². The Morgan fingerprint density at radius 3 is 2.43 bits per heavy atom. The second-order valence-corrected chi connectivity index (χ2v) is 6.93. The summed E-state index contributed by atoms with van der Waals surface area (Å²) in [7, 11) is 0. The fraction of sp³-hybridized carbons (Fsp3) is 0.300. The van der Waals surface area contributed by atoms with Crippen LogP contribution in [0.5, 0.6) is 5.75 Å². The van der Waals surface area contributed by atoms with Gasteiger partial charge in [0.2, 0.25) is 5.95 Å². The standard InChI is InChI=1S/C20H20F2N6O2/c21-19(22)30-16-11-24-20(25-12-16)27-14-5-4-13(9-14)26-17-7-6-15(10-23-17)28-8-2-1-3-18(28)29/h1-3,6-8,10-14,19H,4-5,9H2,(H,23,26)(H,24,25,27). The van der Waals surface area contributed by atoms with E-state index in [1.54, 1.807) is 24.5 Å². The number of rotatable bonds is 7. The molecule has 30 heavy (non-hydrogen) atoms. The number of ether oxygens (including phenoxy) is 1. The Bertz CT molecular complexity index is 1030. The second-order valence-electron chi connectivity index (χ2n) is 6.93. The van der Waals surface area contributed by atoms with Crippen LogP contribution in [-0.4, -0.2) is 38.2 Å². The summed E-state index contributed by atoms with van der Waals surface area (Å²) in [5.41, 5.74) is 0.592. The lowest BCUT2D eigenvalue weighted by Crippen LogP contribution is -2.22. The van der Waals surface area contributed by atoms with Gasteiger partial charge in [-0.3, -0.25) is 9.36 Å². The summed E-state index contributed by atoms with van der Waals surface area (Å²) >= 11 is 0. The molecule has 1 fully saturated rings. The van der Waals surface area contributed by atoms with E-state index < -0.39 is 6.61 Å². The third kappa shape index (κ3) is 4.88. The smallest absolute Gasteiger partial charge is 0.387 e. The van der Waals surface area contributed by atoms with Crippen molar-refractivity contribution in [1.82, 2.24) is 19.5 Å². The van der Waals surface area contributed by atoms with E-state index >= 15 is 0 Å². The Hall–Kier alpha value is -3.56. The first kappa shape index (κ1) is 19.7. The van der Waals surface area contributed by atoms with Crippen molar-refractivity contribution in [2.24, 2.45) is 0 Å². The molecule has 0 saturated heterocycles. The van der Waals surface area contributed by atoms with Crippen molar-refractivity contribution < 1.29 is 13.5 Å². The molecule has 3 heterocycles. The quantitative estimate of drug-likeness (QED) is 0.614. The molecule has 2 atom stereocenters. The predicted molar refractivity (Wildman–Crippen MR) is 107 cm³/mol. The van der Waals surface area contributed by atoms with Crippen LogP contribution in [0.4, 0.5) is 20.5 Å². The lowest BCUT2D eigenvalue weighted by molar-refractivity contribution is -0.0503. The molecule has 10 heteroatoms. The average Bonchev–Trinajstić information content (AvgIpc) is 3.17. The maximum Gasteiger partial charge on any atom is 0.387 e. The first-order valence-electron chi connectivity index (χ1n) is 9.51. The number of halogens is 2. The monoisotopic (exact) mass is 414 g/mol. The lowest BCUT2D eigenvalue weighted by atomic mass is 10.2. The number of nitrogens with one attached hydrogen (secondary N) is 2. The number of nitrogens with zero attached hydrogens (tertiary/aromatic N) is 4. The van der Waals surface area contributed by atoms with Gasteiger partial charge >= 0.3 is 6.61 Å². The highest BCUT2D eigenvalue weighted by Gasteiger charge is 2.25. The predicted octanol–water partition coefficient (Wildman–Crippen LogP) is 3.07. The van der Waals surface area contributed by atoms with Gasteiger partial charge in [0.15, 0.2) is 5.75 Å². The van der Waals surface area contributed by atoms with E-state index in [0.717, 1.165) is 25.1 Å². The van der Waals surface area contributed by atoms with Crippen LogP contribution >= 0.6 is 0 Å². The minimum Gasteiger partial charge on any atom is -0.432 e. The number of aromatic nitrogens is 4. The number of alkyl halides is 2. The summed E-state index contributed by atoms with van der Waals surface area (Å²) < 4.78 is 30.1. The molecular formula is C20H20F2N6O2. The fourth-order valence-electron chi connectivity index (χ4n) is 3.44. The Balaban J connectivity index is 1.31. The van der Waals surface area contributed by atoms with Crippen molar-refractivity contribution in [3.05, 3.63) is 65.5 Å². The Kier molecular flexibility index (Phi) is 5.82. The van der Waals surface area contributed by atoms with Crippen LogP contribution in [-0.2, 0) is 0 Å². The summed E-state index contributed by atoms with van der Waals surface area (Å²) in [4.78, 5) is 24.3. The third-order valence-electron chi connectivity index (χ3n) is 4.82. The fourth-order valence-corrected chi connectivity index (χ4v) is 3.44. The van der Waals surface area contributed by atoms with Crippen molar-refractivity contribution >= 4 is 11.8 Å². The molecule has 2 N–H and O–H groups in total. The van der Waals surface area contributed by atoms with Gasteiger partial charge in [-0.05, 0) is 37.5 Å². The molecule has 0 bridgehead atoms. The van der Waals surface area contributed by atoms with Crippen LogP contribution in [0.3, 0.4) is 0 Å². The van der Waals surface area contributed by atoms with Crippen molar-refractivity contribution in [3.63, 3.8) is 0 Å². The Morgan fingerprint density at radius 2 is 1.77 bits per heavy atom. The highest BCUT2D eigenvalue weighted by atomic mass is 19.3. The van der Waals surface area contributed by atoms with E-state index in [0.29, 0.717) is 11.6 Å². The van der Waals surface area contributed by atoms with E-state index in [-0.39, 0.29) is 23.4 Å². The van der Waals surface area contributed by atoms with Gasteiger partial charge < -0.3 is 15.4 Å². The molecule has 1 aliphatic carbocycles. The minimum absolute atomic E-state index is 0.0752. The second kappa shape index (κ2) is 8.85. The van der Waals surface area contributed by atoms with Crippen molar-refractivity contribution in [1.29, 1.82) is 0 Å². The van der Waals surface area contributed by atoms with Gasteiger partial charge in [0.25, 0.3) is 5.56 Å². The van der Waals surface area contributed by atoms with Gasteiger partial charge in [0, 0.05) is 24.3 Å². The average molecular weight is 414 g/mol. The molecule has 0 radical (unpaired) electrons. The molecule has 156 valence electrons. The van der Waals surface area contributed by atoms with Gasteiger partial charge in [0.1, 0.15) is 5.82 Å². The largest absolute Gasteiger partial charge is 0.432 e. The van der Waals surface area contributed by atoms with Crippen LogP contribution in [0.1, 0.15) is 19.3 Å². The number of hydrogen-bond acceptors (Lipinski definition) is 7. The first-order chi connectivity index (χ1) is 14.6. The summed E-state index contributed by atoms with van der Waals surface area (Å²) in [6.45, 7) is -2.90. The molecule has 8 nitrogen and oxygen atoms in total. The van der Waals surface area contributed by atoms with Gasteiger partial charge in [-0.1, -0.05) is 6.07 Å². The SMILES string of the molecule is O=c1ccccn1-c1ccc(NC2CCC(Nc3ncc(OC(F)F)cn3)C2)nc1. The number of anilines is 2. The zero-order valence-electron chi connectivity index (χ0n) is 15.9. The summed E-state index contributed by atoms with van der Waals surface area (Å²) in [6, 6.07) is 9.07. The molecule has 0 aromatic carbocycles. The zero-order valence-corrected chi connectivity index (χ0v) is 15.9. The topological polar surface area (TPSA) is 94.0 Å². The summed E-state index contributed by atoms with van der Waals surface area (Å²) in [5.74, 6) is 1.03. The highest BCUT2D eigenvalue weighted by Crippen LogP contribution is 2.25. The Morgan fingerprint density at radius 1 is 1.00 bits per heavy atom. The number of pyridine rings is 2. The van der Waals surface area contributed by atoms with E-state index in [1.165, 1.54) is 23.0 Å². The number of hydrogen-bond donors (Lipinski definition) is 2. The molecule has 4 rings (SSSR count). The first-order valence-corrected chi connectivity index (χ1v) is 9.51. The molecule has 3 aromatic rings. The van der Waals surface area contributed by atoms with Crippen LogP contribution in [0.2, 0.25) is 0 Å². The van der Waals surface area contributed by atoms with E-state index in [4.69, 9.17) is 0 Å². The molecule has 0 amide bonds. The van der Waals surface area contributed by atoms with Crippen LogP contribution in [0, 0.1) is 0 Å². The van der Waals surface area contributed by atoms with Gasteiger partial charge in [-0.2, -0.15) is 8.78 Å². The van der Waals surface area contributed by atoms with E-state index in [2.05, 4.69) is 30.3 Å². The van der Waals surface area contributed by atoms with E-state index in [9.17, 15) is 13.6 Å². The van der Waals surface area contributed by atoms with Crippen LogP contribution in [0.25, 0.3) is 5.69 Å². The summed E-state index contributed by atoms with van der Waals surface area (Å²) in [5, 5.41) is 6.61. The molecule has 1 saturated carbocycles. The molecule has 3 aromatic heterocycles. The lowest BCUT2D eigenvalue weighted by Gasteiger charge is -2.15. The molecule has 0 aliphatic heterocycles. The van der Waals surface area contributed by atoms with Crippen molar-refractivity contribution in [2.45, 2.75) is 38.0 Å². The molecule has 1 aliphatic rings. The maximum atomic E-state index is 12.2. The van der Waals surface area contributed by atoms with Gasteiger partial charge in [-0.15, -0.1) is 0 Å². The third-order valence-corrected chi connectivity index (χ3v) is 4.82. The molecule has 2 unspecified atom stereocenters.